The molecule has 1 unspecified atom stereocenters. The van der Waals surface area contributed by atoms with Crippen LogP contribution in [0.25, 0.3) is 15.1 Å². The Balaban J connectivity index is 1.60. The normalized spacial score (nSPS) is 25.9. The van der Waals surface area contributed by atoms with Crippen LogP contribution < -0.4 is 4.74 Å². The quantitative estimate of drug-likeness (QED) is 0.780. The average molecular weight is 356 g/mol. The molecule has 1 saturated carbocycles. The van der Waals surface area contributed by atoms with Crippen LogP contribution in [0.3, 0.4) is 0 Å². The number of hydrogen-bond acceptors (Lipinski definition) is 5. The second-order valence-electron chi connectivity index (χ2n) is 7.39. The summed E-state index contributed by atoms with van der Waals surface area (Å²) in [4.78, 5) is 17.3. The van der Waals surface area contributed by atoms with Crippen molar-refractivity contribution in [2.24, 2.45) is 0 Å². The van der Waals surface area contributed by atoms with E-state index in [1.165, 1.54) is 23.3 Å². The number of thiophene rings is 1. The van der Waals surface area contributed by atoms with E-state index in [0.717, 1.165) is 41.8 Å². The summed E-state index contributed by atoms with van der Waals surface area (Å²) in [6.07, 6.45) is 8.50. The third kappa shape index (κ3) is 3.11. The fraction of sp³-hybridized carbons (Fsp3) is 0.632. The molecule has 2 aromatic heterocycles. The zero-order valence-electron chi connectivity index (χ0n) is 14.9. The molecule has 0 N–H and O–H groups in total. The molecule has 1 fully saturated rings. The molecule has 0 aliphatic heterocycles. The zero-order valence-corrected chi connectivity index (χ0v) is 15.7. The summed E-state index contributed by atoms with van der Waals surface area (Å²) >= 11 is 1.76. The molecule has 0 radical (unpaired) electrons. The van der Waals surface area contributed by atoms with Crippen molar-refractivity contribution in [1.82, 2.24) is 14.9 Å². The maximum atomic E-state index is 7.24. The Kier molecular flexibility index (Phi) is 4.61. The average Bonchev–Trinajstić information content (AvgIpc) is 3.16. The van der Waals surface area contributed by atoms with E-state index in [1.54, 1.807) is 17.7 Å². The summed E-state index contributed by atoms with van der Waals surface area (Å²) in [5, 5.41) is 1.09. The van der Waals surface area contributed by atoms with Crippen molar-refractivity contribution in [2.45, 2.75) is 56.6 Å². The number of nitrogens with zero attached hydrogens (tertiary/aromatic N) is 4. The van der Waals surface area contributed by atoms with E-state index in [9.17, 15) is 0 Å². The molecule has 2 heterocycles. The minimum absolute atomic E-state index is 0.241. The molecule has 2 aliphatic rings. The van der Waals surface area contributed by atoms with Crippen molar-refractivity contribution in [3.63, 3.8) is 0 Å². The number of aryl methyl sites for hydroxylation is 1. The molecule has 25 heavy (non-hydrogen) atoms. The van der Waals surface area contributed by atoms with E-state index in [2.05, 4.69) is 33.8 Å². The summed E-state index contributed by atoms with van der Waals surface area (Å²) in [5.41, 5.74) is 1.30. The third-order valence-electron chi connectivity index (χ3n) is 5.66. The van der Waals surface area contributed by atoms with Gasteiger partial charge in [0.15, 0.2) is 0 Å². The molecule has 0 bridgehead atoms. The SMILES string of the molecule is [C-]#[N+]CC1CCc2sc3ncnc(OC4CCC(N(C)C)CC4)c3c21. The van der Waals surface area contributed by atoms with Gasteiger partial charge in [-0.25, -0.2) is 16.5 Å². The third-order valence-corrected chi connectivity index (χ3v) is 6.83. The number of hydrogen-bond donors (Lipinski definition) is 0. The standard InChI is InChI=1S/C19H24N4OS/c1-20-10-12-4-9-15-16(12)17-18(21-11-22-19(17)25-15)24-14-7-5-13(6-8-14)23(2)3/h11-14H,4-10H2,2-3H3. The smallest absolute Gasteiger partial charge is 0.225 e. The molecule has 1 atom stereocenters. The topological polar surface area (TPSA) is 42.6 Å². The molecular formula is C19H24N4OS. The van der Waals surface area contributed by atoms with Gasteiger partial charge in [0.05, 0.1) is 11.3 Å². The molecule has 2 aliphatic carbocycles. The number of ether oxygens (including phenoxy) is 1. The highest BCUT2D eigenvalue weighted by molar-refractivity contribution is 7.19. The van der Waals surface area contributed by atoms with Crippen molar-refractivity contribution in [3.05, 3.63) is 28.2 Å². The van der Waals surface area contributed by atoms with Gasteiger partial charge in [-0.05, 0) is 58.2 Å². The van der Waals surface area contributed by atoms with Crippen LogP contribution in [0.15, 0.2) is 6.33 Å². The molecule has 0 amide bonds. The van der Waals surface area contributed by atoms with Gasteiger partial charge < -0.3 is 14.5 Å². The minimum atomic E-state index is 0.241. The Labute approximate surface area is 152 Å². The predicted molar refractivity (Wildman–Crippen MR) is 100 cm³/mol. The summed E-state index contributed by atoms with van der Waals surface area (Å²) in [5.74, 6) is 1.06. The van der Waals surface area contributed by atoms with Gasteiger partial charge in [0.2, 0.25) is 12.4 Å². The second-order valence-corrected chi connectivity index (χ2v) is 8.47. The highest BCUT2D eigenvalue weighted by Crippen LogP contribution is 2.46. The first-order valence-corrected chi connectivity index (χ1v) is 9.91. The lowest BCUT2D eigenvalue weighted by molar-refractivity contribution is 0.108. The lowest BCUT2D eigenvalue weighted by Gasteiger charge is -2.32. The van der Waals surface area contributed by atoms with Gasteiger partial charge in [0.25, 0.3) is 0 Å². The van der Waals surface area contributed by atoms with Gasteiger partial charge >= 0.3 is 0 Å². The van der Waals surface area contributed by atoms with Crippen LogP contribution in [0, 0.1) is 6.57 Å². The number of rotatable bonds is 4. The van der Waals surface area contributed by atoms with Gasteiger partial charge in [0.1, 0.15) is 17.3 Å². The van der Waals surface area contributed by atoms with Crippen molar-refractivity contribution >= 4 is 21.6 Å². The van der Waals surface area contributed by atoms with Crippen LogP contribution in [0.2, 0.25) is 0 Å². The number of aromatic nitrogens is 2. The van der Waals surface area contributed by atoms with Crippen molar-refractivity contribution in [2.75, 3.05) is 20.6 Å². The van der Waals surface area contributed by atoms with Crippen molar-refractivity contribution < 1.29 is 4.74 Å². The Hall–Kier alpha value is -1.71. The van der Waals surface area contributed by atoms with Crippen LogP contribution in [0.1, 0.15) is 48.5 Å². The van der Waals surface area contributed by atoms with E-state index in [-0.39, 0.29) is 6.10 Å². The molecule has 132 valence electrons. The summed E-state index contributed by atoms with van der Waals surface area (Å²) < 4.78 is 6.37. The minimum Gasteiger partial charge on any atom is -0.474 e. The van der Waals surface area contributed by atoms with Gasteiger partial charge in [-0.3, -0.25) is 0 Å². The Bertz CT molecular complexity index is 802. The predicted octanol–water partition coefficient (Wildman–Crippen LogP) is 3.89. The number of fused-ring (bicyclic) bond motifs is 3. The van der Waals surface area contributed by atoms with Gasteiger partial charge in [0, 0.05) is 10.9 Å². The second kappa shape index (κ2) is 6.89. The van der Waals surface area contributed by atoms with E-state index in [4.69, 9.17) is 11.3 Å². The monoisotopic (exact) mass is 356 g/mol. The van der Waals surface area contributed by atoms with Crippen molar-refractivity contribution in [3.8, 4) is 5.88 Å². The van der Waals surface area contributed by atoms with Crippen LogP contribution in [-0.4, -0.2) is 47.7 Å². The van der Waals surface area contributed by atoms with Gasteiger partial charge in [-0.1, -0.05) is 0 Å². The first-order valence-electron chi connectivity index (χ1n) is 9.10. The van der Waals surface area contributed by atoms with Crippen LogP contribution >= 0.6 is 11.3 Å². The lowest BCUT2D eigenvalue weighted by Crippen LogP contribution is -2.35. The molecule has 4 rings (SSSR count). The van der Waals surface area contributed by atoms with Crippen molar-refractivity contribution in [1.29, 1.82) is 0 Å². The highest BCUT2D eigenvalue weighted by Gasteiger charge is 2.32. The molecule has 0 saturated heterocycles. The highest BCUT2D eigenvalue weighted by atomic mass is 32.1. The van der Waals surface area contributed by atoms with Crippen LogP contribution in [-0.2, 0) is 6.42 Å². The Morgan fingerprint density at radius 2 is 2.04 bits per heavy atom. The molecule has 0 spiro atoms. The zero-order chi connectivity index (χ0) is 17.4. The van der Waals surface area contributed by atoms with Crippen LogP contribution in [0.5, 0.6) is 5.88 Å². The molecular weight excluding hydrogens is 332 g/mol. The largest absolute Gasteiger partial charge is 0.474 e. The first kappa shape index (κ1) is 16.7. The molecule has 2 aromatic rings. The maximum absolute atomic E-state index is 7.24. The fourth-order valence-corrected chi connectivity index (χ4v) is 5.49. The van der Waals surface area contributed by atoms with Crippen LogP contribution in [0.4, 0.5) is 0 Å². The Morgan fingerprint density at radius 1 is 1.24 bits per heavy atom. The van der Waals surface area contributed by atoms with Gasteiger partial charge in [-0.2, -0.15) is 0 Å². The summed E-state index contributed by atoms with van der Waals surface area (Å²) in [6.45, 7) is 7.80. The summed E-state index contributed by atoms with van der Waals surface area (Å²) in [6, 6.07) is 0.665. The molecule has 6 heteroatoms. The van der Waals surface area contributed by atoms with E-state index < -0.39 is 0 Å². The van der Waals surface area contributed by atoms with E-state index >= 15 is 0 Å². The first-order chi connectivity index (χ1) is 12.2. The van der Waals surface area contributed by atoms with Gasteiger partial charge in [-0.15, -0.1) is 11.3 Å². The Morgan fingerprint density at radius 3 is 2.76 bits per heavy atom. The maximum Gasteiger partial charge on any atom is 0.225 e. The van der Waals surface area contributed by atoms with E-state index in [0.29, 0.717) is 18.5 Å². The lowest BCUT2D eigenvalue weighted by atomic mass is 9.92. The van der Waals surface area contributed by atoms with E-state index in [1.807, 2.05) is 0 Å². The molecule has 0 aromatic carbocycles. The summed E-state index contributed by atoms with van der Waals surface area (Å²) in [7, 11) is 4.32. The molecule has 5 nitrogen and oxygen atoms in total. The fourth-order valence-electron chi connectivity index (χ4n) is 4.26.